The summed E-state index contributed by atoms with van der Waals surface area (Å²) in [5.41, 5.74) is 1.36. The average Bonchev–Trinajstić information content (AvgIpc) is 2.77. The molecule has 17 heavy (non-hydrogen) atoms. The van der Waals surface area contributed by atoms with Gasteiger partial charge in [-0.3, -0.25) is 0 Å². The van der Waals surface area contributed by atoms with Crippen LogP contribution in [0.15, 0.2) is 24.3 Å². The van der Waals surface area contributed by atoms with Crippen LogP contribution < -0.4 is 10.1 Å². The Morgan fingerprint density at radius 2 is 2.29 bits per heavy atom. The van der Waals surface area contributed by atoms with E-state index in [4.69, 9.17) is 4.74 Å². The predicted octanol–water partition coefficient (Wildman–Crippen LogP) is 3.54. The van der Waals surface area contributed by atoms with Crippen molar-refractivity contribution in [2.75, 3.05) is 13.2 Å². The van der Waals surface area contributed by atoms with Crippen molar-refractivity contribution in [1.29, 1.82) is 0 Å². The Labute approximate surface area is 104 Å². The van der Waals surface area contributed by atoms with E-state index >= 15 is 0 Å². The fourth-order valence-electron chi connectivity index (χ4n) is 2.32. The molecule has 2 nitrogen and oxygen atoms in total. The van der Waals surface area contributed by atoms with Crippen molar-refractivity contribution in [3.05, 3.63) is 29.8 Å². The number of rotatable bonds is 5. The summed E-state index contributed by atoms with van der Waals surface area (Å²) in [6.45, 7) is 6.44. The van der Waals surface area contributed by atoms with Gasteiger partial charge in [0.25, 0.3) is 0 Å². The molecule has 0 radical (unpaired) electrons. The van der Waals surface area contributed by atoms with Gasteiger partial charge in [0.05, 0.1) is 6.61 Å². The molecule has 0 aliphatic carbocycles. The molecular formula is C15H23NO. The highest BCUT2D eigenvalue weighted by Crippen LogP contribution is 2.28. The van der Waals surface area contributed by atoms with E-state index < -0.39 is 0 Å². The highest BCUT2D eigenvalue weighted by Gasteiger charge is 2.21. The van der Waals surface area contributed by atoms with Crippen LogP contribution >= 0.6 is 0 Å². The zero-order valence-corrected chi connectivity index (χ0v) is 10.9. The molecule has 0 bridgehead atoms. The molecule has 1 aromatic carbocycles. The first-order valence-corrected chi connectivity index (χ1v) is 6.75. The van der Waals surface area contributed by atoms with E-state index in [2.05, 4.69) is 43.4 Å². The Balaban J connectivity index is 1.96. The van der Waals surface area contributed by atoms with E-state index in [1.165, 1.54) is 18.4 Å². The molecule has 0 unspecified atom stereocenters. The smallest absolute Gasteiger partial charge is 0.119 e. The average molecular weight is 233 g/mol. The summed E-state index contributed by atoms with van der Waals surface area (Å²) >= 11 is 0. The van der Waals surface area contributed by atoms with Crippen LogP contribution in [0.5, 0.6) is 5.75 Å². The van der Waals surface area contributed by atoms with Gasteiger partial charge >= 0.3 is 0 Å². The van der Waals surface area contributed by atoms with Crippen molar-refractivity contribution in [3.63, 3.8) is 0 Å². The van der Waals surface area contributed by atoms with Crippen LogP contribution in [-0.2, 0) is 0 Å². The molecular weight excluding hydrogens is 210 g/mol. The van der Waals surface area contributed by atoms with Crippen LogP contribution in [0.3, 0.4) is 0 Å². The lowest BCUT2D eigenvalue weighted by molar-refractivity contribution is 0.309. The summed E-state index contributed by atoms with van der Waals surface area (Å²) in [6.07, 6.45) is 3.54. The molecule has 1 N–H and O–H groups in total. The van der Waals surface area contributed by atoms with Crippen LogP contribution in [-0.4, -0.2) is 13.2 Å². The Morgan fingerprint density at radius 1 is 1.41 bits per heavy atom. The maximum absolute atomic E-state index is 5.75. The Morgan fingerprint density at radius 3 is 3.00 bits per heavy atom. The van der Waals surface area contributed by atoms with E-state index in [9.17, 15) is 0 Å². The Bertz CT molecular complexity index is 351. The molecule has 1 heterocycles. The van der Waals surface area contributed by atoms with Gasteiger partial charge in [0, 0.05) is 6.04 Å². The second kappa shape index (κ2) is 6.06. The third-order valence-electron chi connectivity index (χ3n) is 3.38. The number of unbranched alkanes of at least 4 members (excludes halogenated alkanes) is 1. The van der Waals surface area contributed by atoms with Crippen molar-refractivity contribution in [2.24, 2.45) is 5.92 Å². The Hall–Kier alpha value is -1.02. The van der Waals surface area contributed by atoms with Crippen LogP contribution in [0.1, 0.15) is 44.7 Å². The van der Waals surface area contributed by atoms with E-state index in [0.29, 0.717) is 6.04 Å². The lowest BCUT2D eigenvalue weighted by atomic mass is 10.0. The van der Waals surface area contributed by atoms with Crippen LogP contribution in [0.2, 0.25) is 0 Å². The SMILES string of the molecule is CCCCOc1cccc([C@@H]2C[C@H](C)CN2)c1. The van der Waals surface area contributed by atoms with Gasteiger partial charge in [0.2, 0.25) is 0 Å². The van der Waals surface area contributed by atoms with Gasteiger partial charge in [0.15, 0.2) is 0 Å². The number of ether oxygens (including phenoxy) is 1. The predicted molar refractivity (Wildman–Crippen MR) is 71.4 cm³/mol. The highest BCUT2D eigenvalue weighted by atomic mass is 16.5. The van der Waals surface area contributed by atoms with Gasteiger partial charge in [0.1, 0.15) is 5.75 Å². The lowest BCUT2D eigenvalue weighted by Crippen LogP contribution is -2.13. The zero-order valence-electron chi connectivity index (χ0n) is 10.9. The molecule has 94 valence electrons. The molecule has 0 amide bonds. The molecule has 2 atom stereocenters. The molecule has 1 aromatic rings. The molecule has 0 spiro atoms. The van der Waals surface area contributed by atoms with Gasteiger partial charge in [-0.15, -0.1) is 0 Å². The van der Waals surface area contributed by atoms with E-state index in [-0.39, 0.29) is 0 Å². The lowest BCUT2D eigenvalue weighted by Gasteiger charge is -2.13. The monoisotopic (exact) mass is 233 g/mol. The van der Waals surface area contributed by atoms with E-state index in [0.717, 1.165) is 31.2 Å². The summed E-state index contributed by atoms with van der Waals surface area (Å²) in [5, 5.41) is 3.56. The fraction of sp³-hybridized carbons (Fsp3) is 0.600. The summed E-state index contributed by atoms with van der Waals surface area (Å²) in [6, 6.07) is 9.05. The molecule has 1 fully saturated rings. The van der Waals surface area contributed by atoms with Crippen molar-refractivity contribution < 1.29 is 4.74 Å². The third kappa shape index (κ3) is 3.47. The third-order valence-corrected chi connectivity index (χ3v) is 3.38. The first-order chi connectivity index (χ1) is 8.29. The minimum atomic E-state index is 0.514. The number of benzene rings is 1. The van der Waals surface area contributed by atoms with Crippen molar-refractivity contribution in [3.8, 4) is 5.75 Å². The molecule has 2 heteroatoms. The van der Waals surface area contributed by atoms with Crippen LogP contribution in [0, 0.1) is 5.92 Å². The van der Waals surface area contributed by atoms with Crippen LogP contribution in [0.4, 0.5) is 0 Å². The maximum atomic E-state index is 5.75. The molecule has 1 aliphatic heterocycles. The van der Waals surface area contributed by atoms with Gasteiger partial charge in [-0.1, -0.05) is 32.4 Å². The zero-order chi connectivity index (χ0) is 12.1. The molecule has 1 saturated heterocycles. The minimum absolute atomic E-state index is 0.514. The highest BCUT2D eigenvalue weighted by molar-refractivity contribution is 5.31. The van der Waals surface area contributed by atoms with Crippen molar-refractivity contribution >= 4 is 0 Å². The first kappa shape index (κ1) is 12.4. The fourth-order valence-corrected chi connectivity index (χ4v) is 2.32. The molecule has 0 saturated carbocycles. The van der Waals surface area contributed by atoms with Crippen molar-refractivity contribution in [1.82, 2.24) is 5.32 Å². The first-order valence-electron chi connectivity index (χ1n) is 6.75. The van der Waals surface area contributed by atoms with E-state index in [1.807, 2.05) is 0 Å². The normalized spacial score (nSPS) is 23.9. The second-order valence-corrected chi connectivity index (χ2v) is 5.08. The molecule has 1 aliphatic rings. The van der Waals surface area contributed by atoms with Gasteiger partial charge < -0.3 is 10.1 Å². The summed E-state index contributed by atoms with van der Waals surface area (Å²) in [7, 11) is 0. The topological polar surface area (TPSA) is 21.3 Å². The Kier molecular flexibility index (Phi) is 4.43. The quantitative estimate of drug-likeness (QED) is 0.785. The largest absolute Gasteiger partial charge is 0.494 e. The molecule has 2 rings (SSSR count). The standard InChI is InChI=1S/C15H23NO/c1-3-4-8-17-14-7-5-6-13(10-14)15-9-12(2)11-16-15/h5-7,10,12,15-16H,3-4,8-9,11H2,1-2H3/t12-,15-/m0/s1. The maximum Gasteiger partial charge on any atom is 0.119 e. The number of hydrogen-bond donors (Lipinski definition) is 1. The minimum Gasteiger partial charge on any atom is -0.494 e. The number of hydrogen-bond acceptors (Lipinski definition) is 2. The van der Waals surface area contributed by atoms with Crippen molar-refractivity contribution in [2.45, 2.75) is 39.2 Å². The summed E-state index contributed by atoms with van der Waals surface area (Å²) in [4.78, 5) is 0. The van der Waals surface area contributed by atoms with Crippen LogP contribution in [0.25, 0.3) is 0 Å². The van der Waals surface area contributed by atoms with Gasteiger partial charge in [-0.05, 0) is 43.0 Å². The van der Waals surface area contributed by atoms with E-state index in [1.54, 1.807) is 0 Å². The number of nitrogens with one attached hydrogen (secondary N) is 1. The summed E-state index contributed by atoms with van der Waals surface area (Å²) in [5.74, 6) is 1.79. The van der Waals surface area contributed by atoms with Gasteiger partial charge in [-0.25, -0.2) is 0 Å². The van der Waals surface area contributed by atoms with Gasteiger partial charge in [-0.2, -0.15) is 0 Å². The summed E-state index contributed by atoms with van der Waals surface area (Å²) < 4.78 is 5.75. The molecule has 0 aromatic heterocycles. The second-order valence-electron chi connectivity index (χ2n) is 5.08.